The second-order valence-corrected chi connectivity index (χ2v) is 6.32. The number of ether oxygens (including phenoxy) is 2. The first-order chi connectivity index (χ1) is 11.5. The number of carbonyl (C=O) groups excluding carboxylic acids is 4. The van der Waals surface area contributed by atoms with Gasteiger partial charge in [0, 0.05) is 11.8 Å². The number of hydrogen-bond acceptors (Lipinski definition) is 6. The highest BCUT2D eigenvalue weighted by atomic mass is 19.1. The van der Waals surface area contributed by atoms with Crippen LogP contribution < -0.4 is 0 Å². The minimum Gasteiger partial charge on any atom is -0.393 e. The largest absolute Gasteiger partial charge is 0.393 e. The zero-order chi connectivity index (χ0) is 17.0. The molecule has 5 atom stereocenters. The molecule has 1 aliphatic carbocycles. The average molecular weight is 332 g/mol. The van der Waals surface area contributed by atoms with E-state index in [9.17, 15) is 23.6 Å². The third-order valence-corrected chi connectivity index (χ3v) is 5.21. The van der Waals surface area contributed by atoms with Crippen molar-refractivity contribution in [3.63, 3.8) is 0 Å². The molecular formula is C17H13FO6. The van der Waals surface area contributed by atoms with Gasteiger partial charge in [-0.2, -0.15) is 0 Å². The normalized spacial score (nSPS) is 34.6. The highest BCUT2D eigenvalue weighted by Gasteiger charge is 2.58. The summed E-state index contributed by atoms with van der Waals surface area (Å²) in [5, 5.41) is 0. The van der Waals surface area contributed by atoms with E-state index < -0.39 is 60.1 Å². The van der Waals surface area contributed by atoms with Crippen molar-refractivity contribution in [3.05, 3.63) is 35.4 Å². The molecule has 0 bridgehead atoms. The van der Waals surface area contributed by atoms with E-state index in [1.807, 2.05) is 0 Å². The maximum absolute atomic E-state index is 13.9. The van der Waals surface area contributed by atoms with Gasteiger partial charge >= 0.3 is 23.9 Å². The number of rotatable bonds is 2. The number of hydrogen-bond donors (Lipinski definition) is 0. The smallest absolute Gasteiger partial charge is 0.321 e. The summed E-state index contributed by atoms with van der Waals surface area (Å²) in [6.45, 7) is -0.902. The van der Waals surface area contributed by atoms with Crippen molar-refractivity contribution in [1.29, 1.82) is 0 Å². The first-order valence-electron chi connectivity index (χ1n) is 7.67. The van der Waals surface area contributed by atoms with Crippen molar-refractivity contribution in [1.82, 2.24) is 0 Å². The summed E-state index contributed by atoms with van der Waals surface area (Å²) in [4.78, 5) is 47.7. The number of carbonyl (C=O) groups is 4. The molecule has 4 rings (SSSR count). The fraction of sp³-hybridized carbons (Fsp3) is 0.412. The SMILES string of the molecule is O=C1CC(C2c3ccccc3C3C(=O)OC(=O)C3C2CF)C(=O)O1. The number of halogens is 1. The first kappa shape index (κ1) is 15.0. The Hall–Kier alpha value is -2.57. The summed E-state index contributed by atoms with van der Waals surface area (Å²) >= 11 is 0. The Labute approximate surface area is 135 Å². The molecule has 2 fully saturated rings. The van der Waals surface area contributed by atoms with Crippen LogP contribution in [0.25, 0.3) is 0 Å². The fourth-order valence-electron chi connectivity index (χ4n) is 4.28. The highest BCUT2D eigenvalue weighted by molar-refractivity contribution is 6.01. The predicted molar refractivity (Wildman–Crippen MR) is 75.2 cm³/mol. The van der Waals surface area contributed by atoms with Crippen LogP contribution in [-0.2, 0) is 28.7 Å². The number of alkyl halides is 1. The van der Waals surface area contributed by atoms with Crippen LogP contribution in [0.4, 0.5) is 4.39 Å². The van der Waals surface area contributed by atoms with Gasteiger partial charge in [-0.3, -0.25) is 23.6 Å². The summed E-state index contributed by atoms with van der Waals surface area (Å²) in [5.74, 6) is -7.16. The van der Waals surface area contributed by atoms with Crippen molar-refractivity contribution in [2.45, 2.75) is 18.3 Å². The number of fused-ring (bicyclic) bond motifs is 3. The molecule has 0 aromatic heterocycles. The molecule has 7 heteroatoms. The maximum atomic E-state index is 13.9. The topological polar surface area (TPSA) is 86.7 Å². The van der Waals surface area contributed by atoms with Crippen LogP contribution in [0.3, 0.4) is 0 Å². The molecule has 1 aromatic carbocycles. The van der Waals surface area contributed by atoms with Crippen LogP contribution in [0.1, 0.15) is 29.4 Å². The molecule has 3 aliphatic rings. The fourth-order valence-corrected chi connectivity index (χ4v) is 4.28. The van der Waals surface area contributed by atoms with Crippen LogP contribution in [-0.4, -0.2) is 30.6 Å². The minimum atomic E-state index is -0.981. The van der Waals surface area contributed by atoms with Crippen molar-refractivity contribution in [2.24, 2.45) is 17.8 Å². The lowest BCUT2D eigenvalue weighted by Gasteiger charge is -2.38. The predicted octanol–water partition coefficient (Wildman–Crippen LogP) is 1.24. The molecule has 0 spiro atoms. The van der Waals surface area contributed by atoms with Crippen molar-refractivity contribution in [2.75, 3.05) is 6.67 Å². The van der Waals surface area contributed by atoms with Crippen LogP contribution in [0.15, 0.2) is 24.3 Å². The molecule has 5 unspecified atom stereocenters. The Balaban J connectivity index is 1.89. The van der Waals surface area contributed by atoms with E-state index in [4.69, 9.17) is 4.74 Å². The molecule has 6 nitrogen and oxygen atoms in total. The zero-order valence-corrected chi connectivity index (χ0v) is 12.4. The van der Waals surface area contributed by atoms with Gasteiger partial charge in [-0.25, -0.2) is 0 Å². The van der Waals surface area contributed by atoms with E-state index in [0.29, 0.717) is 11.1 Å². The van der Waals surface area contributed by atoms with Crippen molar-refractivity contribution < 1.29 is 33.0 Å². The lowest BCUT2D eigenvalue weighted by atomic mass is 9.61. The van der Waals surface area contributed by atoms with Crippen molar-refractivity contribution >= 4 is 23.9 Å². The number of cyclic esters (lactones) is 4. The molecule has 2 saturated heterocycles. The van der Waals surface area contributed by atoms with Gasteiger partial charge < -0.3 is 9.47 Å². The standard InChI is InChI=1S/C17H13FO6/c18-6-10-12(9-5-11(19)23-15(9)20)7-3-1-2-4-8(7)13-14(10)17(22)24-16(13)21/h1-4,9-10,12-14H,5-6H2. The quantitative estimate of drug-likeness (QED) is 0.598. The first-order valence-corrected chi connectivity index (χ1v) is 7.67. The highest BCUT2D eigenvalue weighted by Crippen LogP contribution is 2.54. The molecule has 0 N–H and O–H groups in total. The minimum absolute atomic E-state index is 0.158. The third kappa shape index (κ3) is 1.93. The molecule has 24 heavy (non-hydrogen) atoms. The zero-order valence-electron chi connectivity index (χ0n) is 12.4. The van der Waals surface area contributed by atoms with Crippen LogP contribution in [0.5, 0.6) is 0 Å². The van der Waals surface area contributed by atoms with Gasteiger partial charge in [0.05, 0.1) is 30.8 Å². The van der Waals surface area contributed by atoms with E-state index in [-0.39, 0.29) is 6.42 Å². The van der Waals surface area contributed by atoms with Crippen LogP contribution >= 0.6 is 0 Å². The van der Waals surface area contributed by atoms with E-state index in [1.165, 1.54) is 0 Å². The van der Waals surface area contributed by atoms with Gasteiger partial charge in [0.15, 0.2) is 0 Å². The molecular weight excluding hydrogens is 319 g/mol. The van der Waals surface area contributed by atoms with Gasteiger partial charge in [-0.1, -0.05) is 24.3 Å². The molecule has 0 radical (unpaired) electrons. The van der Waals surface area contributed by atoms with Crippen LogP contribution in [0, 0.1) is 17.8 Å². The van der Waals surface area contributed by atoms with Gasteiger partial charge in [-0.05, 0) is 11.1 Å². The monoisotopic (exact) mass is 332 g/mol. The van der Waals surface area contributed by atoms with E-state index in [2.05, 4.69) is 4.74 Å². The summed E-state index contributed by atoms with van der Waals surface area (Å²) in [5.41, 5.74) is 1.16. The molecule has 0 saturated carbocycles. The van der Waals surface area contributed by atoms with E-state index in [1.54, 1.807) is 24.3 Å². The second kappa shape index (κ2) is 5.22. The number of benzene rings is 1. The molecule has 124 valence electrons. The Morgan fingerprint density at radius 1 is 0.917 bits per heavy atom. The average Bonchev–Trinajstić information content (AvgIpc) is 3.04. The maximum Gasteiger partial charge on any atom is 0.321 e. The molecule has 1 aromatic rings. The lowest BCUT2D eigenvalue weighted by Crippen LogP contribution is -2.40. The van der Waals surface area contributed by atoms with Gasteiger partial charge in [0.2, 0.25) is 0 Å². The third-order valence-electron chi connectivity index (χ3n) is 5.21. The molecule has 2 heterocycles. The van der Waals surface area contributed by atoms with E-state index >= 15 is 0 Å². The van der Waals surface area contributed by atoms with Crippen LogP contribution in [0.2, 0.25) is 0 Å². The Morgan fingerprint density at radius 3 is 2.25 bits per heavy atom. The van der Waals surface area contributed by atoms with E-state index in [0.717, 1.165) is 0 Å². The second-order valence-electron chi connectivity index (χ2n) is 6.32. The summed E-state index contributed by atoms with van der Waals surface area (Å²) in [6.07, 6.45) is -0.158. The Bertz CT molecular complexity index is 772. The molecule has 0 amide bonds. The summed E-state index contributed by atoms with van der Waals surface area (Å²) in [7, 11) is 0. The Morgan fingerprint density at radius 2 is 1.62 bits per heavy atom. The molecule has 2 aliphatic heterocycles. The Kier molecular flexibility index (Phi) is 3.26. The van der Waals surface area contributed by atoms with Gasteiger partial charge in [-0.15, -0.1) is 0 Å². The van der Waals surface area contributed by atoms with Gasteiger partial charge in [0.1, 0.15) is 0 Å². The summed E-state index contributed by atoms with van der Waals surface area (Å²) in [6, 6.07) is 6.80. The van der Waals surface area contributed by atoms with Gasteiger partial charge in [0.25, 0.3) is 0 Å². The summed E-state index contributed by atoms with van der Waals surface area (Å²) < 4.78 is 23.2. The number of esters is 4. The van der Waals surface area contributed by atoms with Crippen molar-refractivity contribution in [3.8, 4) is 0 Å². The lowest BCUT2D eigenvalue weighted by molar-refractivity contribution is -0.156.